The molecule has 25 heavy (non-hydrogen) atoms. The summed E-state index contributed by atoms with van der Waals surface area (Å²) in [6, 6.07) is 13.5. The lowest BCUT2D eigenvalue weighted by Crippen LogP contribution is -2.21. The molecule has 124 valence electrons. The van der Waals surface area contributed by atoms with Crippen molar-refractivity contribution in [2.45, 2.75) is 20.4 Å². The molecule has 0 aliphatic carbocycles. The van der Waals surface area contributed by atoms with Gasteiger partial charge in [0, 0.05) is 5.56 Å². The summed E-state index contributed by atoms with van der Waals surface area (Å²) in [5.74, 6) is 0.874. The topological polar surface area (TPSA) is 73.8 Å². The van der Waals surface area contributed by atoms with E-state index in [9.17, 15) is 4.79 Å². The third-order valence-corrected chi connectivity index (χ3v) is 4.06. The molecule has 6 heteroatoms. The van der Waals surface area contributed by atoms with Crippen molar-refractivity contribution >= 4 is 10.9 Å². The first kappa shape index (κ1) is 15.3. The predicted molar refractivity (Wildman–Crippen MR) is 94.3 cm³/mol. The molecule has 0 radical (unpaired) electrons. The number of hydrogen-bond donors (Lipinski definition) is 0. The number of aryl methyl sites for hydroxylation is 2. The maximum atomic E-state index is 12.6. The van der Waals surface area contributed by atoms with Crippen LogP contribution in [0.15, 0.2) is 58.1 Å². The minimum absolute atomic E-state index is 0.115. The largest absolute Gasteiger partial charge is 0.334 e. The molecule has 4 rings (SSSR count). The van der Waals surface area contributed by atoms with E-state index in [1.807, 2.05) is 56.3 Å². The minimum atomic E-state index is -0.115. The summed E-state index contributed by atoms with van der Waals surface area (Å²) >= 11 is 0. The third-order valence-electron chi connectivity index (χ3n) is 4.06. The normalized spacial score (nSPS) is 11.1. The van der Waals surface area contributed by atoms with Crippen molar-refractivity contribution < 1.29 is 4.52 Å². The SMILES string of the molecule is Cc1ccc(-c2nc(Cn3cnc4ccc(C)cc4c3=O)no2)cc1. The molecule has 0 aliphatic rings. The second-order valence-corrected chi connectivity index (χ2v) is 6.08. The fourth-order valence-electron chi connectivity index (χ4n) is 2.67. The van der Waals surface area contributed by atoms with Crippen LogP contribution in [0, 0.1) is 13.8 Å². The zero-order valence-electron chi connectivity index (χ0n) is 13.9. The van der Waals surface area contributed by atoms with E-state index in [1.54, 1.807) is 0 Å². The molecule has 6 nitrogen and oxygen atoms in total. The quantitative estimate of drug-likeness (QED) is 0.576. The predicted octanol–water partition coefficient (Wildman–Crippen LogP) is 3.11. The van der Waals surface area contributed by atoms with E-state index in [0.29, 0.717) is 22.6 Å². The van der Waals surface area contributed by atoms with Crippen LogP contribution in [0.3, 0.4) is 0 Å². The summed E-state index contributed by atoms with van der Waals surface area (Å²) in [6.45, 7) is 4.18. The van der Waals surface area contributed by atoms with Gasteiger partial charge in [0.2, 0.25) is 0 Å². The van der Waals surface area contributed by atoms with Gasteiger partial charge >= 0.3 is 0 Å². The second-order valence-electron chi connectivity index (χ2n) is 6.08. The van der Waals surface area contributed by atoms with E-state index in [2.05, 4.69) is 15.1 Å². The van der Waals surface area contributed by atoms with Gasteiger partial charge in [0.15, 0.2) is 5.82 Å². The van der Waals surface area contributed by atoms with Gasteiger partial charge in [-0.25, -0.2) is 4.98 Å². The standard InChI is InChI=1S/C19H16N4O2/c1-12-3-6-14(7-4-12)18-21-17(22-25-18)10-23-11-20-16-8-5-13(2)9-15(16)19(23)24/h3-9,11H,10H2,1-2H3. The molecule has 0 atom stereocenters. The Bertz CT molecular complexity index is 1110. The summed E-state index contributed by atoms with van der Waals surface area (Å²) in [6.07, 6.45) is 1.52. The Balaban J connectivity index is 1.67. The highest BCUT2D eigenvalue weighted by Gasteiger charge is 2.11. The monoisotopic (exact) mass is 332 g/mol. The summed E-state index contributed by atoms with van der Waals surface area (Å²) in [5, 5.41) is 4.56. The first-order valence-electron chi connectivity index (χ1n) is 7.95. The van der Waals surface area contributed by atoms with Crippen LogP contribution in [0.4, 0.5) is 0 Å². The van der Waals surface area contributed by atoms with E-state index < -0.39 is 0 Å². The average molecular weight is 332 g/mol. The number of fused-ring (bicyclic) bond motifs is 1. The maximum absolute atomic E-state index is 12.6. The van der Waals surface area contributed by atoms with Crippen LogP contribution < -0.4 is 5.56 Å². The fraction of sp³-hybridized carbons (Fsp3) is 0.158. The van der Waals surface area contributed by atoms with Crippen molar-refractivity contribution in [2.24, 2.45) is 0 Å². The van der Waals surface area contributed by atoms with Crippen LogP contribution in [-0.2, 0) is 6.54 Å². The van der Waals surface area contributed by atoms with Crippen molar-refractivity contribution in [1.82, 2.24) is 19.7 Å². The first-order valence-corrected chi connectivity index (χ1v) is 7.95. The zero-order valence-corrected chi connectivity index (χ0v) is 13.9. The van der Waals surface area contributed by atoms with Gasteiger partial charge < -0.3 is 4.52 Å². The van der Waals surface area contributed by atoms with Crippen molar-refractivity contribution in [3.05, 3.63) is 76.1 Å². The average Bonchev–Trinajstić information content (AvgIpc) is 3.07. The van der Waals surface area contributed by atoms with Gasteiger partial charge in [0.25, 0.3) is 11.4 Å². The minimum Gasteiger partial charge on any atom is -0.334 e. The first-order chi connectivity index (χ1) is 12.1. The molecule has 2 heterocycles. The summed E-state index contributed by atoms with van der Waals surface area (Å²) in [7, 11) is 0. The fourth-order valence-corrected chi connectivity index (χ4v) is 2.67. The van der Waals surface area contributed by atoms with Gasteiger partial charge in [0.05, 0.1) is 23.8 Å². The van der Waals surface area contributed by atoms with E-state index in [-0.39, 0.29) is 12.1 Å². The Kier molecular flexibility index (Phi) is 3.65. The van der Waals surface area contributed by atoms with Gasteiger partial charge in [-0.1, -0.05) is 34.5 Å². The van der Waals surface area contributed by atoms with Crippen molar-refractivity contribution in [2.75, 3.05) is 0 Å². The maximum Gasteiger partial charge on any atom is 0.261 e. The van der Waals surface area contributed by atoms with Gasteiger partial charge in [-0.2, -0.15) is 4.98 Å². The molecule has 0 saturated carbocycles. The van der Waals surface area contributed by atoms with Gasteiger partial charge in [-0.3, -0.25) is 9.36 Å². The molecule has 0 bridgehead atoms. The zero-order chi connectivity index (χ0) is 17.4. The molecule has 4 aromatic rings. The van der Waals surface area contributed by atoms with Crippen LogP contribution in [0.25, 0.3) is 22.4 Å². The molecule has 0 unspecified atom stereocenters. The lowest BCUT2D eigenvalue weighted by atomic mass is 10.1. The number of aromatic nitrogens is 4. The van der Waals surface area contributed by atoms with Crippen LogP contribution in [0.5, 0.6) is 0 Å². The van der Waals surface area contributed by atoms with Crippen LogP contribution >= 0.6 is 0 Å². The number of rotatable bonds is 3. The van der Waals surface area contributed by atoms with Gasteiger partial charge in [0.1, 0.15) is 0 Å². The Morgan fingerprint density at radius 1 is 1.04 bits per heavy atom. The van der Waals surface area contributed by atoms with Crippen LogP contribution in [0.2, 0.25) is 0 Å². The smallest absolute Gasteiger partial charge is 0.261 e. The lowest BCUT2D eigenvalue weighted by Gasteiger charge is -2.04. The third kappa shape index (κ3) is 2.94. The van der Waals surface area contributed by atoms with Crippen molar-refractivity contribution in [3.8, 4) is 11.5 Å². The van der Waals surface area contributed by atoms with Crippen LogP contribution in [-0.4, -0.2) is 19.7 Å². The van der Waals surface area contributed by atoms with Crippen LogP contribution in [0.1, 0.15) is 17.0 Å². The van der Waals surface area contributed by atoms with Gasteiger partial charge in [-0.15, -0.1) is 0 Å². The Morgan fingerprint density at radius 3 is 2.60 bits per heavy atom. The molecule has 2 aromatic carbocycles. The molecular weight excluding hydrogens is 316 g/mol. The number of nitrogens with zero attached hydrogens (tertiary/aromatic N) is 4. The van der Waals surface area contributed by atoms with E-state index in [1.165, 1.54) is 10.9 Å². The molecule has 0 fully saturated rings. The molecule has 0 amide bonds. The summed E-state index contributed by atoms with van der Waals surface area (Å²) in [4.78, 5) is 21.3. The van der Waals surface area contributed by atoms with E-state index in [4.69, 9.17) is 4.52 Å². The Hall–Kier alpha value is -3.28. The molecule has 2 aromatic heterocycles. The summed E-state index contributed by atoms with van der Waals surface area (Å²) in [5.41, 5.74) is 3.59. The highest BCUT2D eigenvalue weighted by molar-refractivity contribution is 5.77. The summed E-state index contributed by atoms with van der Waals surface area (Å²) < 4.78 is 6.80. The Labute approximate surface area is 143 Å². The van der Waals surface area contributed by atoms with E-state index in [0.717, 1.165) is 16.7 Å². The molecule has 0 spiro atoms. The lowest BCUT2D eigenvalue weighted by molar-refractivity contribution is 0.420. The van der Waals surface area contributed by atoms with Crippen molar-refractivity contribution in [1.29, 1.82) is 0 Å². The van der Waals surface area contributed by atoms with Gasteiger partial charge in [-0.05, 0) is 38.1 Å². The highest BCUT2D eigenvalue weighted by atomic mass is 16.5. The Morgan fingerprint density at radius 2 is 1.80 bits per heavy atom. The highest BCUT2D eigenvalue weighted by Crippen LogP contribution is 2.17. The van der Waals surface area contributed by atoms with E-state index >= 15 is 0 Å². The molecule has 0 N–H and O–H groups in total. The second kappa shape index (κ2) is 5.98. The van der Waals surface area contributed by atoms with Crippen molar-refractivity contribution in [3.63, 3.8) is 0 Å². The molecule has 0 saturated heterocycles. The number of benzene rings is 2. The number of hydrogen-bond acceptors (Lipinski definition) is 5. The molecule has 0 aliphatic heterocycles. The molecular formula is C19H16N4O2.